The van der Waals surface area contributed by atoms with Gasteiger partial charge in [0, 0.05) is 19.1 Å². The Morgan fingerprint density at radius 3 is 2.34 bits per heavy atom. The number of esters is 1. The van der Waals surface area contributed by atoms with E-state index in [1.165, 1.54) is 35.5 Å². The van der Waals surface area contributed by atoms with Crippen molar-refractivity contribution in [1.82, 2.24) is 14.9 Å². The minimum absolute atomic E-state index is 0.0510. The Morgan fingerprint density at radius 1 is 1.00 bits per heavy atom. The molecule has 4 rings (SSSR count). The quantitative estimate of drug-likeness (QED) is 0.590. The molecule has 1 atom stereocenters. The molecule has 2 aromatic rings. The molecule has 3 amide bonds. The van der Waals surface area contributed by atoms with Crippen molar-refractivity contribution < 1.29 is 27.5 Å². The zero-order valence-corrected chi connectivity index (χ0v) is 20.3. The monoisotopic (exact) mass is 499 g/mol. The second kappa shape index (κ2) is 10.6. The van der Waals surface area contributed by atoms with E-state index >= 15 is 0 Å². The molecule has 1 aliphatic carbocycles. The number of sulfonamides is 1. The Hall–Kier alpha value is -3.24. The average molecular weight is 500 g/mol. The van der Waals surface area contributed by atoms with Crippen molar-refractivity contribution in [2.24, 2.45) is 0 Å². The maximum Gasteiger partial charge on any atom is 0.338 e. The lowest BCUT2D eigenvalue weighted by atomic mass is 10.0. The van der Waals surface area contributed by atoms with Gasteiger partial charge in [-0.2, -0.15) is 4.31 Å². The molecule has 1 heterocycles. The summed E-state index contributed by atoms with van der Waals surface area (Å²) >= 11 is 0. The number of fused-ring (bicyclic) bond motifs is 1. The summed E-state index contributed by atoms with van der Waals surface area (Å²) in [6, 6.07) is 12.6. The molecule has 2 aromatic carbocycles. The van der Waals surface area contributed by atoms with Gasteiger partial charge in [-0.15, -0.1) is 0 Å². The topological polar surface area (TPSA) is 122 Å². The molecule has 2 N–H and O–H groups in total. The van der Waals surface area contributed by atoms with E-state index < -0.39 is 34.0 Å². The maximum atomic E-state index is 13.1. The number of nitrogens with zero attached hydrogens (tertiary/aromatic N) is 1. The molecule has 35 heavy (non-hydrogen) atoms. The summed E-state index contributed by atoms with van der Waals surface area (Å²) in [5.74, 6) is -1.53. The smallest absolute Gasteiger partial charge is 0.338 e. The van der Waals surface area contributed by atoms with E-state index in [4.69, 9.17) is 4.74 Å². The number of urea groups is 1. The number of rotatable bonds is 6. The van der Waals surface area contributed by atoms with Gasteiger partial charge in [-0.3, -0.25) is 10.1 Å². The molecule has 186 valence electrons. The van der Waals surface area contributed by atoms with Crippen LogP contribution in [0.15, 0.2) is 53.4 Å². The number of ether oxygens (including phenoxy) is 1. The van der Waals surface area contributed by atoms with E-state index in [-0.39, 0.29) is 16.5 Å². The van der Waals surface area contributed by atoms with Crippen LogP contribution in [0.4, 0.5) is 4.79 Å². The number of imide groups is 1. The third-order valence-electron chi connectivity index (χ3n) is 6.40. The first-order valence-corrected chi connectivity index (χ1v) is 13.2. The number of carbonyl (C=O) groups is 3. The number of hydrogen-bond donors (Lipinski definition) is 2. The number of carbonyl (C=O) groups excluding carboxylic acids is 3. The van der Waals surface area contributed by atoms with Gasteiger partial charge in [-0.05, 0) is 61.6 Å². The fourth-order valence-corrected chi connectivity index (χ4v) is 5.79. The Labute approximate surface area is 204 Å². The molecule has 1 fully saturated rings. The molecular formula is C25H29N3O6S. The largest absolute Gasteiger partial charge is 0.449 e. The second-order valence-electron chi connectivity index (χ2n) is 8.87. The highest BCUT2D eigenvalue weighted by molar-refractivity contribution is 7.89. The van der Waals surface area contributed by atoms with E-state index in [1.54, 1.807) is 0 Å². The zero-order chi connectivity index (χ0) is 25.0. The molecule has 9 nitrogen and oxygen atoms in total. The van der Waals surface area contributed by atoms with Gasteiger partial charge in [0.25, 0.3) is 5.91 Å². The molecule has 0 spiro atoms. The van der Waals surface area contributed by atoms with E-state index in [2.05, 4.69) is 10.6 Å². The van der Waals surface area contributed by atoms with Crippen molar-refractivity contribution in [3.05, 3.63) is 65.2 Å². The Bertz CT molecular complexity index is 1210. The SMILES string of the molecule is CC(OC(=O)c1ccc(S(=O)(=O)N2CCc3ccccc3C2)cc1)C(=O)NC(=O)NC1CCCC1. The molecular weight excluding hydrogens is 470 g/mol. The summed E-state index contributed by atoms with van der Waals surface area (Å²) in [5.41, 5.74) is 2.22. The van der Waals surface area contributed by atoms with Crippen molar-refractivity contribution in [1.29, 1.82) is 0 Å². The van der Waals surface area contributed by atoms with Crippen LogP contribution in [0.1, 0.15) is 54.1 Å². The van der Waals surface area contributed by atoms with E-state index in [0.717, 1.165) is 36.8 Å². The third-order valence-corrected chi connectivity index (χ3v) is 8.26. The van der Waals surface area contributed by atoms with Crippen LogP contribution < -0.4 is 10.6 Å². The first-order chi connectivity index (χ1) is 16.7. The lowest BCUT2D eigenvalue weighted by Crippen LogP contribution is -2.47. The van der Waals surface area contributed by atoms with Crippen LogP contribution in [0.25, 0.3) is 0 Å². The van der Waals surface area contributed by atoms with E-state index in [9.17, 15) is 22.8 Å². The summed E-state index contributed by atoms with van der Waals surface area (Å²) in [6.07, 6.45) is 3.27. The first-order valence-electron chi connectivity index (χ1n) is 11.7. The fraction of sp³-hybridized carbons (Fsp3) is 0.400. The van der Waals surface area contributed by atoms with Gasteiger partial charge in [0.15, 0.2) is 6.10 Å². The van der Waals surface area contributed by atoms with Gasteiger partial charge in [0.05, 0.1) is 10.5 Å². The molecule has 10 heteroatoms. The summed E-state index contributed by atoms with van der Waals surface area (Å²) in [5, 5.41) is 4.92. The minimum atomic E-state index is -3.73. The van der Waals surface area contributed by atoms with Gasteiger partial charge in [-0.25, -0.2) is 18.0 Å². The average Bonchev–Trinajstić information content (AvgIpc) is 3.36. The molecule has 0 radical (unpaired) electrons. The van der Waals surface area contributed by atoms with E-state index in [0.29, 0.717) is 19.5 Å². The fourth-order valence-electron chi connectivity index (χ4n) is 4.37. The predicted molar refractivity (Wildman–Crippen MR) is 128 cm³/mol. The van der Waals surface area contributed by atoms with Gasteiger partial charge in [0.2, 0.25) is 10.0 Å². The number of benzene rings is 2. The highest BCUT2D eigenvalue weighted by atomic mass is 32.2. The predicted octanol–water partition coefficient (Wildman–Crippen LogP) is 2.75. The number of amides is 3. The van der Waals surface area contributed by atoms with Gasteiger partial charge >= 0.3 is 12.0 Å². The van der Waals surface area contributed by atoms with Crippen LogP contribution in [0.3, 0.4) is 0 Å². The Balaban J connectivity index is 1.33. The molecule has 0 aromatic heterocycles. The van der Waals surface area contributed by atoms with Crippen molar-refractivity contribution in [3.8, 4) is 0 Å². The molecule has 0 bridgehead atoms. The van der Waals surface area contributed by atoms with Gasteiger partial charge in [-0.1, -0.05) is 37.1 Å². The number of nitrogens with one attached hydrogen (secondary N) is 2. The summed E-state index contributed by atoms with van der Waals surface area (Å²) in [4.78, 5) is 36.7. The van der Waals surface area contributed by atoms with Crippen LogP contribution in [-0.2, 0) is 32.5 Å². The molecule has 1 unspecified atom stereocenters. The molecule has 1 saturated carbocycles. The molecule has 0 saturated heterocycles. The van der Waals surface area contributed by atoms with Crippen molar-refractivity contribution in [2.75, 3.05) is 6.54 Å². The lowest BCUT2D eigenvalue weighted by molar-refractivity contribution is -0.127. The standard InChI is InChI=1S/C25H29N3O6S/c1-17(23(29)27-25(31)26-21-8-4-5-9-21)34-24(30)19-10-12-22(13-11-19)35(32,33)28-15-14-18-6-2-3-7-20(18)16-28/h2-3,6-7,10-13,17,21H,4-5,8-9,14-16H2,1H3,(H2,26,27,29,31). The minimum Gasteiger partial charge on any atom is -0.449 e. The molecule has 1 aliphatic heterocycles. The summed E-state index contributed by atoms with van der Waals surface area (Å²) in [7, 11) is -3.73. The zero-order valence-electron chi connectivity index (χ0n) is 19.5. The molecule has 2 aliphatic rings. The van der Waals surface area contributed by atoms with Crippen molar-refractivity contribution in [3.63, 3.8) is 0 Å². The Kier molecular flexibility index (Phi) is 7.51. The first kappa shape index (κ1) is 24.9. The van der Waals surface area contributed by atoms with Crippen LogP contribution in [0.2, 0.25) is 0 Å². The van der Waals surface area contributed by atoms with Gasteiger partial charge in [0.1, 0.15) is 0 Å². The highest BCUT2D eigenvalue weighted by Crippen LogP contribution is 2.25. The number of hydrogen-bond acceptors (Lipinski definition) is 6. The van der Waals surface area contributed by atoms with Crippen LogP contribution >= 0.6 is 0 Å². The van der Waals surface area contributed by atoms with Crippen molar-refractivity contribution in [2.45, 2.75) is 62.6 Å². The van der Waals surface area contributed by atoms with Crippen LogP contribution in [0.5, 0.6) is 0 Å². The summed E-state index contributed by atoms with van der Waals surface area (Å²) in [6.45, 7) is 2.04. The van der Waals surface area contributed by atoms with Crippen LogP contribution in [-0.4, -0.2) is 49.3 Å². The normalized spacial score (nSPS) is 17.3. The Morgan fingerprint density at radius 2 is 1.66 bits per heavy atom. The van der Waals surface area contributed by atoms with E-state index in [1.807, 2.05) is 24.3 Å². The van der Waals surface area contributed by atoms with Gasteiger partial charge < -0.3 is 10.1 Å². The van der Waals surface area contributed by atoms with Crippen molar-refractivity contribution >= 4 is 27.9 Å². The maximum absolute atomic E-state index is 13.1. The third kappa shape index (κ3) is 5.88. The second-order valence-corrected chi connectivity index (χ2v) is 10.8. The lowest BCUT2D eigenvalue weighted by Gasteiger charge is -2.28. The highest BCUT2D eigenvalue weighted by Gasteiger charge is 2.29. The van der Waals surface area contributed by atoms with Crippen LogP contribution in [0, 0.1) is 0 Å². The summed E-state index contributed by atoms with van der Waals surface area (Å²) < 4.78 is 32.8.